The van der Waals surface area contributed by atoms with E-state index in [9.17, 15) is 13.2 Å². The summed E-state index contributed by atoms with van der Waals surface area (Å²) in [5.41, 5.74) is 3.26. The van der Waals surface area contributed by atoms with Gasteiger partial charge in [-0.1, -0.05) is 48.0 Å². The third-order valence-corrected chi connectivity index (χ3v) is 8.06. The highest BCUT2D eigenvalue weighted by molar-refractivity contribution is 7.92. The Morgan fingerprint density at radius 2 is 1.62 bits per heavy atom. The highest BCUT2D eigenvalue weighted by atomic mass is 35.5. The van der Waals surface area contributed by atoms with Crippen LogP contribution in [0.25, 0.3) is 0 Å². The van der Waals surface area contributed by atoms with Crippen molar-refractivity contribution in [2.75, 3.05) is 41.9 Å². The van der Waals surface area contributed by atoms with Gasteiger partial charge in [0.15, 0.2) is 0 Å². The first kappa shape index (κ1) is 24.1. The fourth-order valence-corrected chi connectivity index (χ4v) is 5.79. The number of carbonyl (C=O) groups excluding carboxylic acids is 1. The van der Waals surface area contributed by atoms with E-state index < -0.39 is 10.0 Å². The van der Waals surface area contributed by atoms with E-state index in [1.807, 2.05) is 56.3 Å². The van der Waals surface area contributed by atoms with Gasteiger partial charge in [0, 0.05) is 36.9 Å². The lowest BCUT2D eigenvalue weighted by atomic mass is 10.1. The van der Waals surface area contributed by atoms with Crippen LogP contribution in [0, 0.1) is 13.8 Å². The molecule has 0 saturated carbocycles. The molecule has 4 rings (SSSR count). The summed E-state index contributed by atoms with van der Waals surface area (Å²) in [5, 5.41) is 0.672. The zero-order valence-electron chi connectivity index (χ0n) is 19.3. The van der Waals surface area contributed by atoms with E-state index in [1.165, 1.54) is 4.31 Å². The predicted octanol–water partition coefficient (Wildman–Crippen LogP) is 4.50. The van der Waals surface area contributed by atoms with Crippen LogP contribution in [-0.4, -0.2) is 51.9 Å². The highest BCUT2D eigenvalue weighted by Gasteiger charge is 2.31. The van der Waals surface area contributed by atoms with Crippen molar-refractivity contribution < 1.29 is 13.2 Å². The van der Waals surface area contributed by atoms with E-state index in [1.54, 1.807) is 35.2 Å². The van der Waals surface area contributed by atoms with Crippen LogP contribution in [-0.2, 0) is 14.8 Å². The molecule has 0 radical (unpaired) electrons. The van der Waals surface area contributed by atoms with E-state index in [4.69, 9.17) is 11.6 Å². The van der Waals surface area contributed by atoms with E-state index >= 15 is 0 Å². The van der Waals surface area contributed by atoms with Crippen molar-refractivity contribution in [3.8, 4) is 0 Å². The van der Waals surface area contributed by atoms with E-state index in [2.05, 4.69) is 4.90 Å². The molecule has 0 spiro atoms. The third kappa shape index (κ3) is 5.21. The highest BCUT2D eigenvalue weighted by Crippen LogP contribution is 2.28. The van der Waals surface area contributed by atoms with Gasteiger partial charge in [-0.15, -0.1) is 0 Å². The second-order valence-corrected chi connectivity index (χ2v) is 10.8. The van der Waals surface area contributed by atoms with Crippen LogP contribution in [0.3, 0.4) is 0 Å². The summed E-state index contributed by atoms with van der Waals surface area (Å²) in [6.45, 7) is 5.85. The number of hydrogen-bond acceptors (Lipinski definition) is 4. The smallest absolute Gasteiger partial charge is 0.264 e. The number of amides is 1. The number of sulfonamides is 1. The van der Waals surface area contributed by atoms with Crippen LogP contribution in [0.2, 0.25) is 5.02 Å². The van der Waals surface area contributed by atoms with Gasteiger partial charge >= 0.3 is 0 Å². The zero-order chi connectivity index (χ0) is 24.3. The monoisotopic (exact) mass is 497 g/mol. The number of carbonyl (C=O) groups is 1. The quantitative estimate of drug-likeness (QED) is 0.503. The lowest BCUT2D eigenvalue weighted by Gasteiger charge is -2.37. The number of aryl methyl sites for hydroxylation is 2. The van der Waals surface area contributed by atoms with Crippen molar-refractivity contribution >= 4 is 38.9 Å². The number of nitrogens with zero attached hydrogens (tertiary/aromatic N) is 3. The standard InChI is InChI=1S/C26H28ClN3O3S/c1-20-11-12-21(2)25(17-20)30(34(32,33)24-9-4-3-5-10-24)19-26(31)29-15-13-28(14-16-29)23-8-6-7-22(27)18-23/h3-12,17-18H,13-16,19H2,1-2H3. The Kier molecular flexibility index (Phi) is 7.14. The van der Waals surface area contributed by atoms with Gasteiger partial charge in [-0.05, 0) is 61.4 Å². The molecule has 1 heterocycles. The van der Waals surface area contributed by atoms with Crippen LogP contribution in [0.15, 0.2) is 77.7 Å². The molecule has 1 aliphatic rings. The molecule has 0 atom stereocenters. The van der Waals surface area contributed by atoms with Crippen molar-refractivity contribution in [3.63, 3.8) is 0 Å². The first-order valence-corrected chi connectivity index (χ1v) is 13.0. The Labute approximate surface area is 206 Å². The molecule has 0 aliphatic carbocycles. The number of benzene rings is 3. The van der Waals surface area contributed by atoms with Crippen LogP contribution in [0.5, 0.6) is 0 Å². The van der Waals surface area contributed by atoms with Gasteiger partial charge in [0.25, 0.3) is 10.0 Å². The number of hydrogen-bond donors (Lipinski definition) is 0. The van der Waals surface area contributed by atoms with Crippen LogP contribution < -0.4 is 9.21 Å². The van der Waals surface area contributed by atoms with Gasteiger partial charge in [-0.25, -0.2) is 8.42 Å². The summed E-state index contributed by atoms with van der Waals surface area (Å²) >= 11 is 6.12. The van der Waals surface area contributed by atoms with Crippen molar-refractivity contribution in [3.05, 3.63) is 88.9 Å². The maximum atomic E-state index is 13.6. The lowest BCUT2D eigenvalue weighted by molar-refractivity contribution is -0.129. The number of piperazine rings is 1. The maximum absolute atomic E-state index is 13.6. The Hall–Kier alpha value is -3.03. The summed E-state index contributed by atoms with van der Waals surface area (Å²) in [7, 11) is -3.92. The molecule has 1 aliphatic heterocycles. The molecule has 8 heteroatoms. The average molecular weight is 498 g/mol. The molecule has 1 saturated heterocycles. The Morgan fingerprint density at radius 3 is 2.29 bits per heavy atom. The summed E-state index contributed by atoms with van der Waals surface area (Å²) in [6, 6.07) is 21.5. The van der Waals surface area contributed by atoms with Crippen molar-refractivity contribution in [2.45, 2.75) is 18.7 Å². The summed E-state index contributed by atoms with van der Waals surface area (Å²) in [5.74, 6) is -0.217. The molecule has 34 heavy (non-hydrogen) atoms. The molecule has 3 aromatic rings. The van der Waals surface area contributed by atoms with E-state index in [-0.39, 0.29) is 17.3 Å². The molecule has 0 N–H and O–H groups in total. The summed E-state index contributed by atoms with van der Waals surface area (Å²) in [6.07, 6.45) is 0. The van der Waals surface area contributed by atoms with E-state index in [0.29, 0.717) is 36.9 Å². The average Bonchev–Trinajstić information content (AvgIpc) is 2.84. The van der Waals surface area contributed by atoms with Crippen molar-refractivity contribution in [1.82, 2.24) is 4.90 Å². The van der Waals surface area contributed by atoms with Crippen LogP contribution >= 0.6 is 11.6 Å². The Bertz CT molecular complexity index is 1270. The van der Waals surface area contributed by atoms with Crippen molar-refractivity contribution in [2.24, 2.45) is 0 Å². The topological polar surface area (TPSA) is 60.9 Å². The number of anilines is 2. The third-order valence-electron chi connectivity index (χ3n) is 6.05. The SMILES string of the molecule is Cc1ccc(C)c(N(CC(=O)N2CCN(c3cccc(Cl)c3)CC2)S(=O)(=O)c2ccccc2)c1. The number of rotatable bonds is 6. The maximum Gasteiger partial charge on any atom is 0.264 e. The molecule has 0 aromatic heterocycles. The Morgan fingerprint density at radius 1 is 0.912 bits per heavy atom. The second kappa shape index (κ2) is 10.1. The molecule has 0 unspecified atom stereocenters. The fourth-order valence-electron chi connectivity index (χ4n) is 4.12. The molecule has 3 aromatic carbocycles. The summed E-state index contributed by atoms with van der Waals surface area (Å²) in [4.78, 5) is 17.4. The predicted molar refractivity (Wildman–Crippen MR) is 137 cm³/mol. The van der Waals surface area contributed by atoms with Gasteiger partial charge in [-0.2, -0.15) is 0 Å². The summed E-state index contributed by atoms with van der Waals surface area (Å²) < 4.78 is 28.5. The molecular weight excluding hydrogens is 470 g/mol. The van der Waals surface area contributed by atoms with Gasteiger partial charge in [0.1, 0.15) is 6.54 Å². The molecule has 6 nitrogen and oxygen atoms in total. The largest absolute Gasteiger partial charge is 0.368 e. The number of halogens is 1. The minimum Gasteiger partial charge on any atom is -0.368 e. The molecule has 178 valence electrons. The molecular formula is C26H28ClN3O3S. The first-order valence-electron chi connectivity index (χ1n) is 11.2. The van der Waals surface area contributed by atoms with Gasteiger partial charge in [0.2, 0.25) is 5.91 Å². The minimum absolute atomic E-state index is 0.162. The second-order valence-electron chi connectivity index (χ2n) is 8.46. The first-order chi connectivity index (χ1) is 16.3. The van der Waals surface area contributed by atoms with E-state index in [0.717, 1.165) is 16.8 Å². The zero-order valence-corrected chi connectivity index (χ0v) is 20.9. The van der Waals surface area contributed by atoms with Gasteiger partial charge in [-0.3, -0.25) is 9.10 Å². The minimum atomic E-state index is -3.92. The van der Waals surface area contributed by atoms with Gasteiger partial charge in [0.05, 0.1) is 10.6 Å². The Balaban J connectivity index is 1.56. The van der Waals surface area contributed by atoms with Crippen LogP contribution in [0.1, 0.15) is 11.1 Å². The molecule has 1 fully saturated rings. The van der Waals surface area contributed by atoms with Gasteiger partial charge < -0.3 is 9.80 Å². The normalized spacial score (nSPS) is 14.2. The molecule has 1 amide bonds. The fraction of sp³-hybridized carbons (Fsp3) is 0.269. The van der Waals surface area contributed by atoms with Crippen molar-refractivity contribution in [1.29, 1.82) is 0 Å². The van der Waals surface area contributed by atoms with Crippen LogP contribution in [0.4, 0.5) is 11.4 Å². The lowest BCUT2D eigenvalue weighted by Crippen LogP contribution is -2.52. The molecule has 0 bridgehead atoms.